The van der Waals surface area contributed by atoms with E-state index in [1.54, 1.807) is 6.92 Å². The number of rotatable bonds is 3. The van der Waals surface area contributed by atoms with Gasteiger partial charge >= 0.3 is 5.97 Å². The number of carbonyl (C=O) groups is 1. The van der Waals surface area contributed by atoms with Gasteiger partial charge in [-0.05, 0) is 26.1 Å². The van der Waals surface area contributed by atoms with Gasteiger partial charge in [-0.25, -0.2) is 9.18 Å². The average Bonchev–Trinajstić information content (AvgIpc) is 2.38. The lowest BCUT2D eigenvalue weighted by atomic mass is 9.89. The molecule has 1 fully saturated rings. The van der Waals surface area contributed by atoms with Crippen LogP contribution in [0.1, 0.15) is 12.5 Å². The minimum absolute atomic E-state index is 0.147. The second-order valence-corrected chi connectivity index (χ2v) is 5.70. The van der Waals surface area contributed by atoms with E-state index in [0.717, 1.165) is 19.2 Å². The van der Waals surface area contributed by atoms with Crippen LogP contribution in [-0.4, -0.2) is 54.1 Å². The molecular formula is C14H18ClFN2O2. The van der Waals surface area contributed by atoms with Gasteiger partial charge in [0.25, 0.3) is 0 Å². The number of piperazine rings is 1. The monoisotopic (exact) mass is 300 g/mol. The van der Waals surface area contributed by atoms with Crippen LogP contribution < -0.4 is 0 Å². The minimum Gasteiger partial charge on any atom is -0.480 e. The summed E-state index contributed by atoms with van der Waals surface area (Å²) < 4.78 is 13.2. The molecule has 1 aliphatic rings. The van der Waals surface area contributed by atoms with Gasteiger partial charge < -0.3 is 10.0 Å². The second-order valence-electron chi connectivity index (χ2n) is 5.29. The Morgan fingerprint density at radius 3 is 2.45 bits per heavy atom. The Bertz CT molecular complexity index is 518. The Morgan fingerprint density at radius 2 is 1.95 bits per heavy atom. The fourth-order valence-corrected chi connectivity index (χ4v) is 2.91. The summed E-state index contributed by atoms with van der Waals surface area (Å²) in [6.07, 6.45) is 0. The molecule has 1 N–H and O–H groups in total. The zero-order valence-corrected chi connectivity index (χ0v) is 12.3. The molecule has 1 heterocycles. The van der Waals surface area contributed by atoms with Crippen molar-refractivity contribution in [3.8, 4) is 0 Å². The van der Waals surface area contributed by atoms with Crippen molar-refractivity contribution in [2.75, 3.05) is 33.2 Å². The van der Waals surface area contributed by atoms with Crippen molar-refractivity contribution in [3.63, 3.8) is 0 Å². The fourth-order valence-electron chi connectivity index (χ4n) is 2.56. The number of carboxylic acid groups (broad SMARTS) is 1. The van der Waals surface area contributed by atoms with Crippen LogP contribution in [0.25, 0.3) is 0 Å². The Morgan fingerprint density at radius 1 is 1.35 bits per heavy atom. The van der Waals surface area contributed by atoms with Gasteiger partial charge in [0.15, 0.2) is 0 Å². The summed E-state index contributed by atoms with van der Waals surface area (Å²) in [4.78, 5) is 15.9. The smallest absolute Gasteiger partial charge is 0.328 e. The maximum Gasteiger partial charge on any atom is 0.328 e. The van der Waals surface area contributed by atoms with E-state index in [1.165, 1.54) is 12.1 Å². The molecule has 6 heteroatoms. The molecule has 20 heavy (non-hydrogen) atoms. The first-order valence-electron chi connectivity index (χ1n) is 6.48. The summed E-state index contributed by atoms with van der Waals surface area (Å²) >= 11 is 6.07. The van der Waals surface area contributed by atoms with Gasteiger partial charge in [0.2, 0.25) is 0 Å². The van der Waals surface area contributed by atoms with E-state index >= 15 is 0 Å². The molecule has 0 saturated carbocycles. The highest BCUT2D eigenvalue weighted by Crippen LogP contribution is 2.34. The van der Waals surface area contributed by atoms with E-state index in [9.17, 15) is 14.3 Å². The van der Waals surface area contributed by atoms with E-state index < -0.39 is 17.3 Å². The maximum atomic E-state index is 13.2. The molecule has 0 bridgehead atoms. The number of hydrogen-bond acceptors (Lipinski definition) is 3. The van der Waals surface area contributed by atoms with Crippen LogP contribution in [0.5, 0.6) is 0 Å². The minimum atomic E-state index is -1.24. The van der Waals surface area contributed by atoms with Crippen molar-refractivity contribution in [3.05, 3.63) is 34.6 Å². The Kier molecular flexibility index (Phi) is 4.32. The molecule has 0 amide bonds. The van der Waals surface area contributed by atoms with Gasteiger partial charge in [-0.1, -0.05) is 17.7 Å². The van der Waals surface area contributed by atoms with Crippen LogP contribution in [0.15, 0.2) is 18.2 Å². The molecule has 110 valence electrons. The first kappa shape index (κ1) is 15.2. The molecular weight excluding hydrogens is 283 g/mol. The maximum absolute atomic E-state index is 13.2. The van der Waals surface area contributed by atoms with E-state index in [1.807, 2.05) is 11.9 Å². The number of hydrogen-bond donors (Lipinski definition) is 1. The predicted molar refractivity (Wildman–Crippen MR) is 75.5 cm³/mol. The van der Waals surface area contributed by atoms with Crippen LogP contribution in [0.4, 0.5) is 4.39 Å². The second kappa shape index (κ2) is 5.68. The third-order valence-corrected chi connectivity index (χ3v) is 4.32. The number of benzene rings is 1. The van der Waals surface area contributed by atoms with Crippen molar-refractivity contribution in [1.82, 2.24) is 9.80 Å². The lowest BCUT2D eigenvalue weighted by Crippen LogP contribution is -2.57. The van der Waals surface area contributed by atoms with Crippen molar-refractivity contribution >= 4 is 17.6 Å². The summed E-state index contributed by atoms with van der Waals surface area (Å²) in [6, 6.07) is 3.87. The van der Waals surface area contributed by atoms with Crippen LogP contribution >= 0.6 is 11.6 Å². The van der Waals surface area contributed by atoms with Gasteiger partial charge in [-0.3, -0.25) is 4.90 Å². The van der Waals surface area contributed by atoms with Crippen LogP contribution in [0, 0.1) is 5.82 Å². The standard InChI is InChI=1S/C14H18ClFN2O2/c1-14(13(19)20,18-7-5-17(2)6-8-18)11-4-3-10(16)9-12(11)15/h3-4,9H,5-8H2,1-2H3,(H,19,20). The quantitative estimate of drug-likeness (QED) is 0.927. The van der Waals surface area contributed by atoms with Crippen LogP contribution in [-0.2, 0) is 10.3 Å². The molecule has 1 aromatic carbocycles. The topological polar surface area (TPSA) is 43.8 Å². The molecule has 4 nitrogen and oxygen atoms in total. The largest absolute Gasteiger partial charge is 0.480 e. The first-order valence-corrected chi connectivity index (χ1v) is 6.86. The Hall–Kier alpha value is -1.17. The van der Waals surface area contributed by atoms with Gasteiger partial charge in [0.05, 0.1) is 0 Å². The van der Waals surface area contributed by atoms with Gasteiger partial charge in [-0.2, -0.15) is 0 Å². The van der Waals surface area contributed by atoms with E-state index in [2.05, 4.69) is 4.90 Å². The summed E-state index contributed by atoms with van der Waals surface area (Å²) in [7, 11) is 2.00. The number of aliphatic carboxylic acids is 1. The summed E-state index contributed by atoms with van der Waals surface area (Å²) in [5.41, 5.74) is -0.816. The van der Waals surface area contributed by atoms with Crippen LogP contribution in [0.3, 0.4) is 0 Å². The van der Waals surface area contributed by atoms with E-state index in [0.29, 0.717) is 18.7 Å². The zero-order chi connectivity index (χ0) is 14.9. The van der Waals surface area contributed by atoms with Crippen molar-refractivity contribution in [2.45, 2.75) is 12.5 Å². The number of nitrogens with zero attached hydrogens (tertiary/aromatic N) is 2. The molecule has 0 radical (unpaired) electrons. The first-order chi connectivity index (χ1) is 9.35. The molecule has 2 rings (SSSR count). The van der Waals surface area contributed by atoms with Crippen LogP contribution in [0.2, 0.25) is 5.02 Å². The molecule has 0 aliphatic carbocycles. The van der Waals surface area contributed by atoms with Gasteiger partial charge in [0.1, 0.15) is 11.4 Å². The Labute approximate surface area is 122 Å². The number of likely N-dealkylation sites (N-methyl/N-ethyl adjacent to an activating group) is 1. The predicted octanol–water partition coefficient (Wildman–Crippen LogP) is 2.03. The molecule has 1 saturated heterocycles. The Balaban J connectivity index is 2.41. The van der Waals surface area contributed by atoms with Crippen molar-refractivity contribution in [1.29, 1.82) is 0 Å². The van der Waals surface area contributed by atoms with Crippen molar-refractivity contribution < 1.29 is 14.3 Å². The summed E-state index contributed by atoms with van der Waals surface area (Å²) in [5, 5.41) is 9.84. The molecule has 0 spiro atoms. The highest BCUT2D eigenvalue weighted by molar-refractivity contribution is 6.31. The average molecular weight is 301 g/mol. The number of halogens is 2. The SMILES string of the molecule is CN1CCN(C(C)(C(=O)O)c2ccc(F)cc2Cl)CC1. The highest BCUT2D eigenvalue weighted by Gasteiger charge is 2.43. The fraction of sp³-hybridized carbons (Fsp3) is 0.500. The number of carboxylic acids is 1. The third-order valence-electron chi connectivity index (χ3n) is 4.01. The van der Waals surface area contributed by atoms with Gasteiger partial charge in [-0.15, -0.1) is 0 Å². The zero-order valence-electron chi connectivity index (χ0n) is 11.6. The molecule has 1 unspecified atom stereocenters. The summed E-state index contributed by atoms with van der Waals surface area (Å²) in [5.74, 6) is -1.44. The van der Waals surface area contributed by atoms with E-state index in [4.69, 9.17) is 11.6 Å². The van der Waals surface area contributed by atoms with Crippen molar-refractivity contribution in [2.24, 2.45) is 0 Å². The lowest BCUT2D eigenvalue weighted by molar-refractivity contribution is -0.152. The lowest BCUT2D eigenvalue weighted by Gasteiger charge is -2.43. The van der Waals surface area contributed by atoms with Gasteiger partial charge in [0, 0.05) is 36.8 Å². The molecule has 1 aromatic rings. The third kappa shape index (κ3) is 2.66. The summed E-state index contributed by atoms with van der Waals surface area (Å²) in [6.45, 7) is 4.48. The normalized spacial score (nSPS) is 20.6. The molecule has 1 aliphatic heterocycles. The highest BCUT2D eigenvalue weighted by atomic mass is 35.5. The molecule has 1 atom stereocenters. The molecule has 0 aromatic heterocycles. The van der Waals surface area contributed by atoms with E-state index in [-0.39, 0.29) is 5.02 Å².